The summed E-state index contributed by atoms with van der Waals surface area (Å²) in [5.41, 5.74) is 1.74. The second-order valence-corrected chi connectivity index (χ2v) is 4.94. The number of H-pyrrole nitrogens is 2. The van der Waals surface area contributed by atoms with Gasteiger partial charge in [0.15, 0.2) is 4.77 Å². The van der Waals surface area contributed by atoms with Crippen molar-refractivity contribution in [2.75, 3.05) is 0 Å². The Balaban J connectivity index is 2.42. The van der Waals surface area contributed by atoms with Crippen LogP contribution in [0.1, 0.15) is 56.7 Å². The van der Waals surface area contributed by atoms with Crippen molar-refractivity contribution >= 4 is 12.2 Å². The number of aromatic amines is 2. The third-order valence-electron chi connectivity index (χ3n) is 3.04. The lowest BCUT2D eigenvalue weighted by atomic mass is 10.1. The zero-order valence-electron chi connectivity index (χ0n) is 10.8. The minimum absolute atomic E-state index is 0.0280. The van der Waals surface area contributed by atoms with Crippen LogP contribution in [0.3, 0.4) is 0 Å². The van der Waals surface area contributed by atoms with Crippen molar-refractivity contribution in [1.82, 2.24) is 9.97 Å². The Morgan fingerprint density at radius 1 is 1.06 bits per heavy atom. The van der Waals surface area contributed by atoms with E-state index >= 15 is 0 Å². The van der Waals surface area contributed by atoms with E-state index in [1.165, 1.54) is 32.1 Å². The fourth-order valence-corrected chi connectivity index (χ4v) is 2.25. The maximum Gasteiger partial charge on any atom is 0.255 e. The van der Waals surface area contributed by atoms with Crippen LogP contribution in [-0.2, 0) is 6.42 Å². The molecular weight excluding hydrogens is 232 g/mol. The topological polar surface area (TPSA) is 48.6 Å². The molecule has 1 aromatic rings. The van der Waals surface area contributed by atoms with Crippen molar-refractivity contribution in [2.24, 2.45) is 0 Å². The van der Waals surface area contributed by atoms with E-state index < -0.39 is 0 Å². The Kier molecular flexibility index (Phi) is 6.19. The van der Waals surface area contributed by atoms with Gasteiger partial charge in [0.2, 0.25) is 0 Å². The van der Waals surface area contributed by atoms with Crippen molar-refractivity contribution in [1.29, 1.82) is 0 Å². The smallest absolute Gasteiger partial charge is 0.255 e. The molecule has 1 aromatic heterocycles. The Bertz CT molecular complexity index is 447. The Morgan fingerprint density at radius 3 is 2.35 bits per heavy atom. The van der Waals surface area contributed by atoms with Gasteiger partial charge in [-0.3, -0.25) is 9.78 Å². The van der Waals surface area contributed by atoms with Gasteiger partial charge in [0.1, 0.15) is 0 Å². The minimum Gasteiger partial charge on any atom is -0.336 e. The molecule has 0 amide bonds. The molecule has 0 atom stereocenters. The highest BCUT2D eigenvalue weighted by molar-refractivity contribution is 7.71. The maximum absolute atomic E-state index is 11.7. The average Bonchev–Trinajstić information content (AvgIpc) is 2.26. The van der Waals surface area contributed by atoms with Gasteiger partial charge in [-0.15, -0.1) is 0 Å². The van der Waals surface area contributed by atoms with Gasteiger partial charge in [0.05, 0.1) is 0 Å². The summed E-state index contributed by atoms with van der Waals surface area (Å²) in [6.07, 6.45) is 8.30. The first-order valence-corrected chi connectivity index (χ1v) is 6.88. The first-order chi connectivity index (χ1) is 8.15. The molecule has 0 aromatic carbocycles. The van der Waals surface area contributed by atoms with Crippen LogP contribution < -0.4 is 5.56 Å². The number of nitrogens with one attached hydrogen (secondary N) is 2. The quantitative estimate of drug-likeness (QED) is 0.576. The molecule has 0 spiro atoms. The molecule has 0 bridgehead atoms. The van der Waals surface area contributed by atoms with E-state index in [2.05, 4.69) is 16.9 Å². The monoisotopic (exact) mass is 254 g/mol. The van der Waals surface area contributed by atoms with Crippen LogP contribution >= 0.6 is 12.2 Å². The number of aromatic nitrogens is 2. The van der Waals surface area contributed by atoms with Gasteiger partial charge in [0.25, 0.3) is 5.56 Å². The molecule has 1 rings (SSSR count). The van der Waals surface area contributed by atoms with Gasteiger partial charge in [-0.05, 0) is 32.0 Å². The molecule has 4 heteroatoms. The van der Waals surface area contributed by atoms with E-state index in [-0.39, 0.29) is 5.56 Å². The van der Waals surface area contributed by atoms with Crippen molar-refractivity contribution < 1.29 is 0 Å². The summed E-state index contributed by atoms with van der Waals surface area (Å²) >= 11 is 4.92. The third-order valence-corrected chi connectivity index (χ3v) is 3.24. The highest BCUT2D eigenvalue weighted by Crippen LogP contribution is 2.08. The number of aryl methyl sites for hydroxylation is 1. The van der Waals surface area contributed by atoms with Crippen molar-refractivity contribution in [3.63, 3.8) is 0 Å². The maximum atomic E-state index is 11.7. The lowest BCUT2D eigenvalue weighted by Gasteiger charge is -2.04. The van der Waals surface area contributed by atoms with Gasteiger partial charge in [-0.25, -0.2) is 0 Å². The molecular formula is C13H22N2OS. The average molecular weight is 254 g/mol. The van der Waals surface area contributed by atoms with Crippen LogP contribution in [0.5, 0.6) is 0 Å². The van der Waals surface area contributed by atoms with Crippen molar-refractivity contribution in [3.8, 4) is 0 Å². The molecule has 2 N–H and O–H groups in total. The molecule has 96 valence electrons. The molecule has 0 aliphatic carbocycles. The number of hydrogen-bond acceptors (Lipinski definition) is 2. The molecule has 0 radical (unpaired) electrons. The third kappa shape index (κ3) is 4.86. The van der Waals surface area contributed by atoms with E-state index in [1.54, 1.807) is 0 Å². The van der Waals surface area contributed by atoms with E-state index in [1.807, 2.05) is 6.92 Å². The predicted octanol–water partition coefficient (Wildman–Crippen LogP) is 3.64. The fourth-order valence-electron chi connectivity index (χ4n) is 2.01. The molecule has 0 saturated heterocycles. The van der Waals surface area contributed by atoms with Gasteiger partial charge < -0.3 is 4.98 Å². The first-order valence-electron chi connectivity index (χ1n) is 6.47. The van der Waals surface area contributed by atoms with E-state index in [0.29, 0.717) is 4.77 Å². The van der Waals surface area contributed by atoms with Crippen LogP contribution in [0, 0.1) is 11.7 Å². The lowest BCUT2D eigenvalue weighted by molar-refractivity contribution is 0.605. The fraction of sp³-hybridized carbons (Fsp3) is 0.692. The molecule has 3 nitrogen and oxygen atoms in total. The standard InChI is InChI=1S/C13H22N2OS/c1-3-4-5-6-7-8-9-11-10(2)14-13(17)15-12(11)16/h3-9H2,1-2H3,(H2,14,15,16,17). The Labute approximate surface area is 108 Å². The van der Waals surface area contributed by atoms with Crippen LogP contribution in [0.4, 0.5) is 0 Å². The zero-order valence-corrected chi connectivity index (χ0v) is 11.6. The molecule has 0 unspecified atom stereocenters. The largest absolute Gasteiger partial charge is 0.336 e. The Morgan fingerprint density at radius 2 is 1.71 bits per heavy atom. The van der Waals surface area contributed by atoms with E-state index in [4.69, 9.17) is 12.2 Å². The highest BCUT2D eigenvalue weighted by atomic mass is 32.1. The number of unbranched alkanes of at least 4 members (excludes halogenated alkanes) is 5. The Hall–Kier alpha value is -0.900. The van der Waals surface area contributed by atoms with Gasteiger partial charge in [-0.1, -0.05) is 39.0 Å². The summed E-state index contributed by atoms with van der Waals surface area (Å²) in [4.78, 5) is 17.3. The summed E-state index contributed by atoms with van der Waals surface area (Å²) in [6, 6.07) is 0. The van der Waals surface area contributed by atoms with Gasteiger partial charge in [-0.2, -0.15) is 0 Å². The summed E-state index contributed by atoms with van der Waals surface area (Å²) in [5.74, 6) is 0. The lowest BCUT2D eigenvalue weighted by Crippen LogP contribution is -2.16. The second kappa shape index (κ2) is 7.43. The van der Waals surface area contributed by atoms with Crippen LogP contribution in [0.15, 0.2) is 4.79 Å². The summed E-state index contributed by atoms with van der Waals surface area (Å²) in [6.45, 7) is 4.13. The van der Waals surface area contributed by atoms with Crippen LogP contribution in [0.2, 0.25) is 0 Å². The number of hydrogen-bond donors (Lipinski definition) is 2. The molecule has 0 saturated carbocycles. The summed E-state index contributed by atoms with van der Waals surface area (Å²) < 4.78 is 0.416. The van der Waals surface area contributed by atoms with Crippen molar-refractivity contribution in [3.05, 3.63) is 26.4 Å². The van der Waals surface area contributed by atoms with Gasteiger partial charge in [0, 0.05) is 11.3 Å². The number of rotatable bonds is 7. The zero-order chi connectivity index (χ0) is 12.7. The molecule has 0 aliphatic heterocycles. The van der Waals surface area contributed by atoms with Crippen LogP contribution in [-0.4, -0.2) is 9.97 Å². The SMILES string of the molecule is CCCCCCCCc1c(C)[nH]c(=S)[nH]c1=O. The highest BCUT2D eigenvalue weighted by Gasteiger charge is 2.04. The molecule has 0 fully saturated rings. The molecule has 1 heterocycles. The summed E-state index contributed by atoms with van der Waals surface area (Å²) in [5, 5.41) is 0. The molecule has 0 aliphatic rings. The minimum atomic E-state index is -0.0280. The molecule has 17 heavy (non-hydrogen) atoms. The normalized spacial score (nSPS) is 10.7. The van der Waals surface area contributed by atoms with Crippen LogP contribution in [0.25, 0.3) is 0 Å². The first kappa shape index (κ1) is 14.2. The second-order valence-electron chi connectivity index (χ2n) is 4.53. The predicted molar refractivity (Wildman–Crippen MR) is 74.1 cm³/mol. The van der Waals surface area contributed by atoms with Gasteiger partial charge >= 0.3 is 0 Å². The van der Waals surface area contributed by atoms with E-state index in [9.17, 15) is 4.79 Å². The van der Waals surface area contributed by atoms with E-state index in [0.717, 1.165) is 24.1 Å². The summed E-state index contributed by atoms with van der Waals surface area (Å²) in [7, 11) is 0. The van der Waals surface area contributed by atoms with Crippen molar-refractivity contribution in [2.45, 2.75) is 58.8 Å².